The van der Waals surface area contributed by atoms with E-state index in [-0.39, 0.29) is 5.91 Å². The number of amides is 1. The predicted molar refractivity (Wildman–Crippen MR) is 78.2 cm³/mol. The number of nitrogens with zero attached hydrogens (tertiary/aromatic N) is 3. The first-order valence-electron chi connectivity index (χ1n) is 7.08. The van der Waals surface area contributed by atoms with Crippen LogP contribution in [0.4, 0.5) is 0 Å². The molecule has 4 heteroatoms. The number of rotatable bonds is 2. The molecule has 1 aliphatic heterocycles. The summed E-state index contributed by atoms with van der Waals surface area (Å²) in [6, 6.07) is 8.08. The maximum atomic E-state index is 12.5. The van der Waals surface area contributed by atoms with Crippen molar-refractivity contribution in [1.29, 1.82) is 0 Å². The van der Waals surface area contributed by atoms with Crippen LogP contribution in [0.25, 0.3) is 5.69 Å². The fraction of sp³-hybridized carbons (Fsp3) is 0.375. The van der Waals surface area contributed by atoms with Gasteiger partial charge < -0.3 is 4.90 Å². The Morgan fingerprint density at radius 1 is 1.15 bits per heavy atom. The van der Waals surface area contributed by atoms with Gasteiger partial charge in [-0.05, 0) is 38.3 Å². The highest BCUT2D eigenvalue weighted by Crippen LogP contribution is 2.20. The Morgan fingerprint density at radius 2 is 1.85 bits per heavy atom. The second kappa shape index (κ2) is 5.12. The standard InChI is InChI=1S/C16H19N3O/c1-12-7-3-4-8-15(12)19-13(2)14(11-17-19)16(20)18-9-5-6-10-18/h3-4,7-8,11H,5-6,9-10H2,1-2H3. The predicted octanol–water partition coefficient (Wildman–Crippen LogP) is 2.73. The van der Waals surface area contributed by atoms with Gasteiger partial charge in [0.2, 0.25) is 0 Å². The Balaban J connectivity index is 1.96. The van der Waals surface area contributed by atoms with Crippen molar-refractivity contribution < 1.29 is 4.79 Å². The van der Waals surface area contributed by atoms with E-state index in [0.717, 1.165) is 48.4 Å². The molecule has 0 bridgehead atoms. The molecule has 2 aromatic rings. The van der Waals surface area contributed by atoms with Crippen LogP contribution in [-0.2, 0) is 0 Å². The molecular weight excluding hydrogens is 250 g/mol. The van der Waals surface area contributed by atoms with Gasteiger partial charge in [0, 0.05) is 13.1 Å². The van der Waals surface area contributed by atoms with Gasteiger partial charge in [-0.15, -0.1) is 0 Å². The Labute approximate surface area is 119 Å². The number of aryl methyl sites for hydroxylation is 1. The molecule has 0 radical (unpaired) electrons. The highest BCUT2D eigenvalue weighted by Gasteiger charge is 2.23. The van der Waals surface area contributed by atoms with Gasteiger partial charge in [0.25, 0.3) is 5.91 Å². The summed E-state index contributed by atoms with van der Waals surface area (Å²) in [7, 11) is 0. The van der Waals surface area contributed by atoms with Gasteiger partial charge in [0.1, 0.15) is 0 Å². The van der Waals surface area contributed by atoms with Crippen LogP contribution >= 0.6 is 0 Å². The average molecular weight is 269 g/mol. The zero-order chi connectivity index (χ0) is 14.1. The molecular formula is C16H19N3O. The zero-order valence-electron chi connectivity index (χ0n) is 12.0. The van der Waals surface area contributed by atoms with Crippen LogP contribution in [0.15, 0.2) is 30.5 Å². The lowest BCUT2D eigenvalue weighted by Crippen LogP contribution is -2.27. The Kier molecular flexibility index (Phi) is 3.30. The summed E-state index contributed by atoms with van der Waals surface area (Å²) in [6.45, 7) is 5.75. The van der Waals surface area contributed by atoms with Gasteiger partial charge in [-0.1, -0.05) is 18.2 Å². The lowest BCUT2D eigenvalue weighted by Gasteiger charge is -2.15. The largest absolute Gasteiger partial charge is 0.339 e. The minimum absolute atomic E-state index is 0.111. The van der Waals surface area contributed by atoms with Crippen LogP contribution < -0.4 is 0 Å². The molecule has 1 amide bonds. The molecule has 0 atom stereocenters. The first-order valence-corrected chi connectivity index (χ1v) is 7.08. The summed E-state index contributed by atoms with van der Waals surface area (Å²) in [5, 5.41) is 4.41. The van der Waals surface area contributed by atoms with Gasteiger partial charge in [-0.3, -0.25) is 4.79 Å². The third-order valence-corrected chi connectivity index (χ3v) is 3.98. The number of para-hydroxylation sites is 1. The molecule has 0 N–H and O–H groups in total. The molecule has 0 aliphatic carbocycles. The van der Waals surface area contributed by atoms with Crippen molar-refractivity contribution in [3.63, 3.8) is 0 Å². The minimum Gasteiger partial charge on any atom is -0.339 e. The van der Waals surface area contributed by atoms with Crippen molar-refractivity contribution in [1.82, 2.24) is 14.7 Å². The van der Waals surface area contributed by atoms with E-state index in [1.54, 1.807) is 6.20 Å². The second-order valence-electron chi connectivity index (χ2n) is 5.34. The Bertz CT molecular complexity index is 639. The maximum Gasteiger partial charge on any atom is 0.257 e. The third kappa shape index (κ3) is 2.11. The number of benzene rings is 1. The summed E-state index contributed by atoms with van der Waals surface area (Å²) in [6.07, 6.45) is 3.91. The van der Waals surface area contributed by atoms with Crippen LogP contribution in [0.3, 0.4) is 0 Å². The van der Waals surface area contributed by atoms with Crippen molar-refractivity contribution in [3.05, 3.63) is 47.3 Å². The van der Waals surface area contributed by atoms with E-state index in [2.05, 4.69) is 18.1 Å². The number of carbonyl (C=O) groups is 1. The normalized spacial score (nSPS) is 14.8. The molecule has 1 aliphatic rings. The van der Waals surface area contributed by atoms with Crippen LogP contribution in [-0.4, -0.2) is 33.7 Å². The number of carbonyl (C=O) groups excluding carboxylic acids is 1. The monoisotopic (exact) mass is 269 g/mol. The van der Waals surface area contributed by atoms with Crippen molar-refractivity contribution >= 4 is 5.91 Å². The van der Waals surface area contributed by atoms with Gasteiger partial charge in [0.15, 0.2) is 0 Å². The average Bonchev–Trinajstić information content (AvgIpc) is 3.09. The highest BCUT2D eigenvalue weighted by atomic mass is 16.2. The molecule has 1 aromatic carbocycles. The quantitative estimate of drug-likeness (QED) is 0.840. The lowest BCUT2D eigenvalue weighted by atomic mass is 10.2. The molecule has 1 saturated heterocycles. The van der Waals surface area contributed by atoms with E-state index in [1.807, 2.05) is 34.7 Å². The third-order valence-electron chi connectivity index (χ3n) is 3.98. The van der Waals surface area contributed by atoms with E-state index in [9.17, 15) is 4.79 Å². The number of hydrogen-bond acceptors (Lipinski definition) is 2. The zero-order valence-corrected chi connectivity index (χ0v) is 12.0. The lowest BCUT2D eigenvalue weighted by molar-refractivity contribution is 0.0792. The molecule has 1 fully saturated rings. The minimum atomic E-state index is 0.111. The van der Waals surface area contributed by atoms with E-state index in [4.69, 9.17) is 0 Å². The summed E-state index contributed by atoms with van der Waals surface area (Å²) in [4.78, 5) is 14.4. The second-order valence-corrected chi connectivity index (χ2v) is 5.34. The number of aromatic nitrogens is 2. The van der Waals surface area contributed by atoms with Crippen LogP contribution in [0.2, 0.25) is 0 Å². The van der Waals surface area contributed by atoms with Crippen LogP contribution in [0.1, 0.15) is 34.5 Å². The van der Waals surface area contributed by atoms with Gasteiger partial charge in [0.05, 0.1) is 23.1 Å². The Hall–Kier alpha value is -2.10. The van der Waals surface area contributed by atoms with Crippen molar-refractivity contribution in [2.24, 2.45) is 0 Å². The molecule has 0 spiro atoms. The molecule has 0 unspecified atom stereocenters. The molecule has 1 aromatic heterocycles. The van der Waals surface area contributed by atoms with Crippen LogP contribution in [0.5, 0.6) is 0 Å². The summed E-state index contributed by atoms with van der Waals surface area (Å²) < 4.78 is 1.86. The number of hydrogen-bond donors (Lipinski definition) is 0. The SMILES string of the molecule is Cc1ccccc1-n1ncc(C(=O)N2CCCC2)c1C. The summed E-state index contributed by atoms with van der Waals surface area (Å²) >= 11 is 0. The Morgan fingerprint density at radius 3 is 2.55 bits per heavy atom. The number of likely N-dealkylation sites (tertiary alicyclic amines) is 1. The molecule has 20 heavy (non-hydrogen) atoms. The fourth-order valence-corrected chi connectivity index (χ4v) is 2.75. The molecule has 4 nitrogen and oxygen atoms in total. The van der Waals surface area contributed by atoms with Crippen molar-refractivity contribution in [2.75, 3.05) is 13.1 Å². The highest BCUT2D eigenvalue weighted by molar-refractivity contribution is 5.95. The smallest absolute Gasteiger partial charge is 0.257 e. The summed E-state index contributed by atoms with van der Waals surface area (Å²) in [5.74, 6) is 0.111. The molecule has 104 valence electrons. The van der Waals surface area contributed by atoms with E-state index < -0.39 is 0 Å². The van der Waals surface area contributed by atoms with Gasteiger partial charge in [-0.2, -0.15) is 5.10 Å². The van der Waals surface area contributed by atoms with E-state index >= 15 is 0 Å². The van der Waals surface area contributed by atoms with E-state index in [0.29, 0.717) is 0 Å². The van der Waals surface area contributed by atoms with Gasteiger partial charge in [-0.25, -0.2) is 4.68 Å². The van der Waals surface area contributed by atoms with Crippen molar-refractivity contribution in [3.8, 4) is 5.69 Å². The molecule has 2 heterocycles. The maximum absolute atomic E-state index is 12.5. The van der Waals surface area contributed by atoms with Crippen LogP contribution in [0, 0.1) is 13.8 Å². The fourth-order valence-electron chi connectivity index (χ4n) is 2.75. The van der Waals surface area contributed by atoms with Gasteiger partial charge >= 0.3 is 0 Å². The topological polar surface area (TPSA) is 38.1 Å². The van der Waals surface area contributed by atoms with E-state index in [1.165, 1.54) is 0 Å². The van der Waals surface area contributed by atoms with Crippen molar-refractivity contribution in [2.45, 2.75) is 26.7 Å². The summed E-state index contributed by atoms with van der Waals surface area (Å²) in [5.41, 5.74) is 3.82. The molecule has 3 rings (SSSR count). The molecule has 0 saturated carbocycles. The first-order chi connectivity index (χ1) is 9.68. The first kappa shape index (κ1) is 12.9.